The SMILES string of the molecule is C[C@]12CCCCC1CC[C@H]1[C@H]3CC[C@H](c4ccc(=O)oc4)[C@@]3(CO)CC[C@@H]12. The number of aliphatic hydroxyl groups is 1. The summed E-state index contributed by atoms with van der Waals surface area (Å²) in [5, 5.41) is 10.6. The molecule has 1 unspecified atom stereocenters. The molecule has 0 spiro atoms. The highest BCUT2D eigenvalue weighted by atomic mass is 16.4. The van der Waals surface area contributed by atoms with Crippen LogP contribution in [0.25, 0.3) is 0 Å². The fourth-order valence-corrected chi connectivity index (χ4v) is 8.48. The first kappa shape index (κ1) is 18.0. The van der Waals surface area contributed by atoms with Crippen molar-refractivity contribution in [2.75, 3.05) is 6.61 Å². The van der Waals surface area contributed by atoms with E-state index in [1.807, 2.05) is 6.07 Å². The summed E-state index contributed by atoms with van der Waals surface area (Å²) < 4.78 is 5.20. The van der Waals surface area contributed by atoms with Gasteiger partial charge >= 0.3 is 5.63 Å². The molecule has 5 rings (SSSR count). The molecule has 1 heterocycles. The van der Waals surface area contributed by atoms with E-state index in [-0.39, 0.29) is 17.6 Å². The summed E-state index contributed by atoms with van der Waals surface area (Å²) in [4.78, 5) is 11.4. The van der Waals surface area contributed by atoms with Gasteiger partial charge in [-0.2, -0.15) is 0 Å². The Morgan fingerprint density at radius 1 is 1.04 bits per heavy atom. The van der Waals surface area contributed by atoms with Gasteiger partial charge in [0.05, 0.1) is 6.26 Å². The predicted octanol–water partition coefficient (Wildman–Crippen LogP) is 5.13. The van der Waals surface area contributed by atoms with E-state index < -0.39 is 0 Å². The lowest BCUT2D eigenvalue weighted by Crippen LogP contribution is -2.54. The van der Waals surface area contributed by atoms with Gasteiger partial charge in [-0.3, -0.25) is 0 Å². The lowest BCUT2D eigenvalue weighted by molar-refractivity contribution is -0.121. The number of fused-ring (bicyclic) bond motifs is 5. The van der Waals surface area contributed by atoms with Crippen LogP contribution in [0.1, 0.15) is 82.6 Å². The van der Waals surface area contributed by atoms with Crippen LogP contribution in [0.5, 0.6) is 0 Å². The summed E-state index contributed by atoms with van der Waals surface area (Å²) in [6.45, 7) is 2.89. The van der Waals surface area contributed by atoms with Crippen LogP contribution in [0.15, 0.2) is 27.6 Å². The Morgan fingerprint density at radius 3 is 2.70 bits per heavy atom. The van der Waals surface area contributed by atoms with Crippen LogP contribution in [0, 0.1) is 34.5 Å². The first-order valence-corrected chi connectivity index (χ1v) is 11.3. The lowest BCUT2D eigenvalue weighted by Gasteiger charge is -2.60. The topological polar surface area (TPSA) is 50.4 Å². The van der Waals surface area contributed by atoms with Crippen LogP contribution >= 0.6 is 0 Å². The fourth-order valence-electron chi connectivity index (χ4n) is 8.48. The average Bonchev–Trinajstić information content (AvgIpc) is 3.08. The highest BCUT2D eigenvalue weighted by Crippen LogP contribution is 2.68. The second kappa shape index (κ2) is 6.47. The zero-order chi connectivity index (χ0) is 18.6. The van der Waals surface area contributed by atoms with E-state index in [1.54, 1.807) is 12.3 Å². The van der Waals surface area contributed by atoms with Crippen LogP contribution in [0.4, 0.5) is 0 Å². The first-order valence-electron chi connectivity index (χ1n) is 11.3. The summed E-state index contributed by atoms with van der Waals surface area (Å²) in [6, 6.07) is 3.50. The van der Waals surface area contributed by atoms with E-state index in [2.05, 4.69) is 6.92 Å². The monoisotopic (exact) mass is 370 g/mol. The maximum Gasteiger partial charge on any atom is 0.335 e. The van der Waals surface area contributed by atoms with Gasteiger partial charge in [-0.1, -0.05) is 19.8 Å². The molecule has 0 bridgehead atoms. The van der Waals surface area contributed by atoms with Crippen molar-refractivity contribution in [2.24, 2.45) is 34.5 Å². The van der Waals surface area contributed by atoms with Crippen molar-refractivity contribution < 1.29 is 9.52 Å². The molecule has 0 amide bonds. The third-order valence-corrected chi connectivity index (χ3v) is 9.72. The van der Waals surface area contributed by atoms with E-state index in [9.17, 15) is 9.90 Å². The zero-order valence-electron chi connectivity index (χ0n) is 16.7. The van der Waals surface area contributed by atoms with Crippen molar-refractivity contribution in [1.29, 1.82) is 0 Å². The van der Waals surface area contributed by atoms with Crippen LogP contribution in [0.2, 0.25) is 0 Å². The van der Waals surface area contributed by atoms with E-state index in [0.29, 0.717) is 17.3 Å². The van der Waals surface area contributed by atoms with Gasteiger partial charge in [-0.05, 0) is 98.0 Å². The minimum Gasteiger partial charge on any atom is -0.431 e. The molecule has 0 radical (unpaired) electrons. The fraction of sp³-hybridized carbons (Fsp3) is 0.792. The van der Waals surface area contributed by atoms with Crippen molar-refractivity contribution >= 4 is 0 Å². The molecule has 0 aliphatic heterocycles. The zero-order valence-corrected chi connectivity index (χ0v) is 16.7. The molecular weight excluding hydrogens is 336 g/mol. The van der Waals surface area contributed by atoms with Crippen LogP contribution in [0.3, 0.4) is 0 Å². The van der Waals surface area contributed by atoms with Crippen LogP contribution in [-0.4, -0.2) is 11.7 Å². The molecule has 4 fully saturated rings. The molecule has 7 atom stereocenters. The van der Waals surface area contributed by atoms with Crippen LogP contribution < -0.4 is 5.63 Å². The van der Waals surface area contributed by atoms with Crippen LogP contribution in [-0.2, 0) is 0 Å². The van der Waals surface area contributed by atoms with Gasteiger partial charge in [0.2, 0.25) is 0 Å². The molecule has 3 nitrogen and oxygen atoms in total. The molecule has 0 aromatic carbocycles. The lowest BCUT2D eigenvalue weighted by atomic mass is 9.44. The van der Waals surface area contributed by atoms with E-state index in [1.165, 1.54) is 51.4 Å². The second-order valence-corrected chi connectivity index (χ2v) is 10.4. The van der Waals surface area contributed by atoms with Crippen molar-refractivity contribution in [3.05, 3.63) is 34.4 Å². The Hall–Kier alpha value is -1.09. The molecular formula is C24H34O3. The molecule has 1 N–H and O–H groups in total. The average molecular weight is 371 g/mol. The van der Waals surface area contributed by atoms with E-state index in [0.717, 1.165) is 36.2 Å². The maximum atomic E-state index is 11.4. The summed E-state index contributed by atoms with van der Waals surface area (Å²) in [7, 11) is 0. The molecule has 3 heteroatoms. The van der Waals surface area contributed by atoms with Crippen molar-refractivity contribution in [3.63, 3.8) is 0 Å². The molecule has 1 aromatic heterocycles. The Balaban J connectivity index is 1.47. The molecule has 4 saturated carbocycles. The number of hydrogen-bond acceptors (Lipinski definition) is 3. The van der Waals surface area contributed by atoms with Gasteiger partial charge in [0.1, 0.15) is 0 Å². The van der Waals surface area contributed by atoms with Crippen molar-refractivity contribution in [3.8, 4) is 0 Å². The summed E-state index contributed by atoms with van der Waals surface area (Å²) >= 11 is 0. The Bertz CT molecular complexity index is 734. The van der Waals surface area contributed by atoms with Gasteiger partial charge in [-0.25, -0.2) is 4.79 Å². The van der Waals surface area contributed by atoms with Crippen molar-refractivity contribution in [1.82, 2.24) is 0 Å². The smallest absolute Gasteiger partial charge is 0.335 e. The quantitative estimate of drug-likeness (QED) is 0.785. The van der Waals surface area contributed by atoms with Gasteiger partial charge < -0.3 is 9.52 Å². The Kier molecular flexibility index (Phi) is 4.31. The molecule has 0 saturated heterocycles. The molecule has 27 heavy (non-hydrogen) atoms. The Morgan fingerprint density at radius 2 is 1.93 bits per heavy atom. The number of rotatable bonds is 2. The molecule has 4 aliphatic rings. The molecule has 4 aliphatic carbocycles. The van der Waals surface area contributed by atoms with Gasteiger partial charge in [0.15, 0.2) is 0 Å². The van der Waals surface area contributed by atoms with Gasteiger partial charge in [-0.15, -0.1) is 0 Å². The highest BCUT2D eigenvalue weighted by Gasteiger charge is 2.61. The predicted molar refractivity (Wildman–Crippen MR) is 105 cm³/mol. The van der Waals surface area contributed by atoms with E-state index in [4.69, 9.17) is 4.42 Å². The minimum absolute atomic E-state index is 0.00104. The standard InChI is InChI=1S/C24H34O3/c1-23-12-3-2-4-17(23)6-7-18-20(23)11-13-24(15-25)19(8-9-21(18)24)16-5-10-22(26)27-14-16/h5,10,14,17-21,25H,2-4,6-9,11-13,15H2,1H3/t17?,18-,19-,20+,21-,23+,24+/m1/s1. The van der Waals surface area contributed by atoms with E-state index >= 15 is 0 Å². The molecule has 1 aromatic rings. The third kappa shape index (κ3) is 2.53. The Labute approximate surface area is 162 Å². The maximum absolute atomic E-state index is 11.4. The molecule has 148 valence electrons. The second-order valence-electron chi connectivity index (χ2n) is 10.4. The normalized spacial score (nSPS) is 46.4. The van der Waals surface area contributed by atoms with Gasteiger partial charge in [0, 0.05) is 18.1 Å². The highest BCUT2D eigenvalue weighted by molar-refractivity contribution is 5.23. The number of hydrogen-bond donors (Lipinski definition) is 1. The number of aliphatic hydroxyl groups excluding tert-OH is 1. The summed E-state index contributed by atoms with van der Waals surface area (Å²) in [5.41, 5.74) is 1.39. The summed E-state index contributed by atoms with van der Waals surface area (Å²) in [6.07, 6.45) is 14.9. The minimum atomic E-state index is -0.279. The largest absolute Gasteiger partial charge is 0.431 e. The third-order valence-electron chi connectivity index (χ3n) is 9.72. The van der Waals surface area contributed by atoms with Gasteiger partial charge in [0.25, 0.3) is 0 Å². The summed E-state index contributed by atoms with van der Waals surface area (Å²) in [5.74, 6) is 3.56. The van der Waals surface area contributed by atoms with Crippen molar-refractivity contribution in [2.45, 2.75) is 77.0 Å². The first-order chi connectivity index (χ1) is 13.1.